The maximum atomic E-state index is 10.7. The second-order valence-corrected chi connectivity index (χ2v) is 5.93. The molecular formula is C16H20ClNO2. The van der Waals surface area contributed by atoms with Crippen LogP contribution >= 0.6 is 11.6 Å². The minimum absolute atomic E-state index is 0.413. The number of nitrogens with zero attached hydrogens (tertiary/aromatic N) is 1. The molecule has 2 unspecified atom stereocenters. The predicted molar refractivity (Wildman–Crippen MR) is 83.3 cm³/mol. The van der Waals surface area contributed by atoms with Gasteiger partial charge in [0.05, 0.1) is 10.7 Å². The lowest BCUT2D eigenvalue weighted by Crippen LogP contribution is -2.40. The maximum absolute atomic E-state index is 10.7. The van der Waals surface area contributed by atoms with Gasteiger partial charge in [-0.1, -0.05) is 30.7 Å². The Morgan fingerprint density at radius 1 is 1.45 bits per heavy atom. The Morgan fingerprint density at radius 2 is 2.20 bits per heavy atom. The van der Waals surface area contributed by atoms with Crippen molar-refractivity contribution in [1.82, 2.24) is 0 Å². The van der Waals surface area contributed by atoms with Crippen LogP contribution < -0.4 is 4.90 Å². The first kappa shape index (κ1) is 14.9. The van der Waals surface area contributed by atoms with Crippen molar-refractivity contribution in [3.63, 3.8) is 0 Å². The van der Waals surface area contributed by atoms with Gasteiger partial charge in [0.1, 0.15) is 0 Å². The molecule has 0 amide bonds. The third-order valence-corrected chi connectivity index (χ3v) is 4.15. The van der Waals surface area contributed by atoms with Crippen LogP contribution in [0, 0.1) is 5.92 Å². The van der Waals surface area contributed by atoms with E-state index in [1.54, 1.807) is 6.08 Å². The van der Waals surface area contributed by atoms with Crippen molar-refractivity contribution < 1.29 is 9.90 Å². The summed E-state index contributed by atoms with van der Waals surface area (Å²) in [5.41, 5.74) is 1.81. The number of para-hydroxylation sites is 1. The smallest absolute Gasteiger partial charge is 0.328 e. The van der Waals surface area contributed by atoms with Gasteiger partial charge in [-0.3, -0.25) is 0 Å². The molecule has 1 fully saturated rings. The van der Waals surface area contributed by atoms with Gasteiger partial charge in [0.25, 0.3) is 0 Å². The van der Waals surface area contributed by atoms with Crippen molar-refractivity contribution in [1.29, 1.82) is 0 Å². The minimum Gasteiger partial charge on any atom is -0.478 e. The molecule has 0 aromatic heterocycles. The molecule has 20 heavy (non-hydrogen) atoms. The summed E-state index contributed by atoms with van der Waals surface area (Å²) in [7, 11) is 0. The molecule has 3 nitrogen and oxygen atoms in total. The summed E-state index contributed by atoms with van der Waals surface area (Å²) < 4.78 is 0. The lowest BCUT2D eigenvalue weighted by molar-refractivity contribution is -0.131. The van der Waals surface area contributed by atoms with Crippen LogP contribution in [0.5, 0.6) is 0 Å². The fourth-order valence-corrected chi connectivity index (χ4v) is 3.16. The van der Waals surface area contributed by atoms with Crippen molar-refractivity contribution in [2.24, 2.45) is 5.92 Å². The van der Waals surface area contributed by atoms with Gasteiger partial charge in [0.15, 0.2) is 0 Å². The quantitative estimate of drug-likeness (QED) is 0.854. The van der Waals surface area contributed by atoms with E-state index in [0.29, 0.717) is 11.1 Å². The van der Waals surface area contributed by atoms with Crippen molar-refractivity contribution in [3.8, 4) is 0 Å². The number of halogens is 1. The number of piperidine rings is 1. The van der Waals surface area contributed by atoms with Gasteiger partial charge in [-0.05, 0) is 43.4 Å². The van der Waals surface area contributed by atoms with Crippen LogP contribution in [-0.4, -0.2) is 23.7 Å². The largest absolute Gasteiger partial charge is 0.478 e. The van der Waals surface area contributed by atoms with Gasteiger partial charge in [0, 0.05) is 18.7 Å². The third-order valence-electron chi connectivity index (χ3n) is 3.85. The highest BCUT2D eigenvalue weighted by Crippen LogP contribution is 2.36. The topological polar surface area (TPSA) is 40.5 Å². The molecule has 0 saturated carbocycles. The van der Waals surface area contributed by atoms with Gasteiger partial charge < -0.3 is 10.0 Å². The van der Waals surface area contributed by atoms with Gasteiger partial charge in [-0.25, -0.2) is 4.79 Å². The molecule has 1 N–H and O–H groups in total. The summed E-state index contributed by atoms with van der Waals surface area (Å²) >= 11 is 6.36. The second kappa shape index (κ2) is 6.31. The molecule has 1 aliphatic rings. The van der Waals surface area contributed by atoms with Crippen molar-refractivity contribution in [2.45, 2.75) is 32.7 Å². The van der Waals surface area contributed by atoms with E-state index in [0.717, 1.165) is 42.6 Å². The van der Waals surface area contributed by atoms with Crippen molar-refractivity contribution in [3.05, 3.63) is 34.9 Å². The monoisotopic (exact) mass is 293 g/mol. The van der Waals surface area contributed by atoms with E-state index >= 15 is 0 Å². The molecule has 1 aromatic rings. The zero-order chi connectivity index (χ0) is 14.7. The molecule has 2 rings (SSSR count). The first-order valence-electron chi connectivity index (χ1n) is 6.95. The Balaban J connectivity index is 2.37. The second-order valence-electron chi connectivity index (χ2n) is 5.52. The van der Waals surface area contributed by atoms with Crippen LogP contribution in [0.1, 0.15) is 32.3 Å². The first-order valence-corrected chi connectivity index (χ1v) is 7.33. The van der Waals surface area contributed by atoms with Crippen LogP contribution in [0.15, 0.2) is 24.3 Å². The zero-order valence-electron chi connectivity index (χ0n) is 11.8. The van der Waals surface area contributed by atoms with Crippen LogP contribution in [0.4, 0.5) is 5.69 Å². The molecule has 1 aliphatic heterocycles. The van der Waals surface area contributed by atoms with Crippen LogP contribution in [0.2, 0.25) is 5.02 Å². The Hall–Kier alpha value is -1.48. The molecule has 108 valence electrons. The molecule has 0 aliphatic carbocycles. The van der Waals surface area contributed by atoms with Gasteiger partial charge >= 0.3 is 5.97 Å². The van der Waals surface area contributed by atoms with Crippen LogP contribution in [0.3, 0.4) is 0 Å². The van der Waals surface area contributed by atoms with E-state index in [9.17, 15) is 4.79 Å². The number of carboxylic acid groups (broad SMARTS) is 1. The summed E-state index contributed by atoms with van der Waals surface area (Å²) in [6.07, 6.45) is 5.05. The van der Waals surface area contributed by atoms with E-state index in [2.05, 4.69) is 18.7 Å². The average molecular weight is 294 g/mol. The zero-order valence-corrected chi connectivity index (χ0v) is 12.6. The van der Waals surface area contributed by atoms with E-state index < -0.39 is 5.97 Å². The highest BCUT2D eigenvalue weighted by molar-refractivity contribution is 6.33. The fourth-order valence-electron chi connectivity index (χ4n) is 2.87. The summed E-state index contributed by atoms with van der Waals surface area (Å²) in [4.78, 5) is 13.0. The Kier molecular flexibility index (Phi) is 4.71. The highest BCUT2D eigenvalue weighted by atomic mass is 35.5. The number of rotatable bonds is 3. The molecule has 1 heterocycles. The number of carbonyl (C=O) groups is 1. The van der Waals surface area contributed by atoms with Crippen LogP contribution in [-0.2, 0) is 4.79 Å². The molecule has 0 radical (unpaired) electrons. The Bertz CT molecular complexity index is 527. The number of carboxylic acids is 1. The van der Waals surface area contributed by atoms with E-state index in [1.807, 2.05) is 18.2 Å². The normalized spacial score (nSPS) is 23.2. The lowest BCUT2D eigenvalue weighted by Gasteiger charge is -2.39. The molecular weight excluding hydrogens is 274 g/mol. The van der Waals surface area contributed by atoms with Gasteiger partial charge in [-0.2, -0.15) is 0 Å². The molecule has 4 heteroatoms. The van der Waals surface area contributed by atoms with E-state index in [4.69, 9.17) is 16.7 Å². The minimum atomic E-state index is -0.948. The Labute approximate surface area is 124 Å². The molecule has 1 saturated heterocycles. The van der Waals surface area contributed by atoms with Gasteiger partial charge in [0.2, 0.25) is 0 Å². The number of hydrogen-bond donors (Lipinski definition) is 1. The van der Waals surface area contributed by atoms with E-state index in [-0.39, 0.29) is 0 Å². The van der Waals surface area contributed by atoms with Crippen molar-refractivity contribution >= 4 is 29.3 Å². The Morgan fingerprint density at radius 3 is 2.85 bits per heavy atom. The third kappa shape index (κ3) is 3.34. The molecule has 0 bridgehead atoms. The SMILES string of the molecule is CC1CCN(c2c(Cl)cccc2/C=C/C(=O)O)C(C)C1. The summed E-state index contributed by atoms with van der Waals surface area (Å²) in [6, 6.07) is 6.03. The predicted octanol–water partition coefficient (Wildman–Crippen LogP) is 4.06. The highest BCUT2D eigenvalue weighted by Gasteiger charge is 2.25. The standard InChI is InChI=1S/C16H20ClNO2/c1-11-8-9-18(12(2)10-11)16-13(6-7-15(19)20)4-3-5-14(16)17/h3-7,11-12H,8-10H2,1-2H3,(H,19,20)/b7-6+. The van der Waals surface area contributed by atoms with Gasteiger partial charge in [-0.15, -0.1) is 0 Å². The average Bonchev–Trinajstić information content (AvgIpc) is 2.37. The molecule has 0 spiro atoms. The molecule has 2 atom stereocenters. The molecule has 1 aromatic carbocycles. The first-order chi connectivity index (χ1) is 9.49. The number of hydrogen-bond acceptors (Lipinski definition) is 2. The maximum Gasteiger partial charge on any atom is 0.328 e. The number of benzene rings is 1. The van der Waals surface area contributed by atoms with E-state index in [1.165, 1.54) is 0 Å². The summed E-state index contributed by atoms with van der Waals surface area (Å²) in [5, 5.41) is 9.48. The lowest BCUT2D eigenvalue weighted by atomic mass is 9.92. The summed E-state index contributed by atoms with van der Waals surface area (Å²) in [5.74, 6) is -0.224. The number of aliphatic carboxylic acids is 1. The van der Waals surface area contributed by atoms with Crippen LogP contribution in [0.25, 0.3) is 6.08 Å². The summed E-state index contributed by atoms with van der Waals surface area (Å²) in [6.45, 7) is 5.43. The van der Waals surface area contributed by atoms with Crippen molar-refractivity contribution in [2.75, 3.05) is 11.4 Å². The fraction of sp³-hybridized carbons (Fsp3) is 0.438. The number of anilines is 1.